The molecule has 0 aliphatic rings. The molecule has 9 aromatic carbocycles. The van der Waals surface area contributed by atoms with Gasteiger partial charge in [0.25, 0.3) is 0 Å². The first-order valence-electron chi connectivity index (χ1n) is 38.1. The number of carbonyl (C=O) groups excluding carboxylic acids is 3. The summed E-state index contributed by atoms with van der Waals surface area (Å²) in [6.07, 6.45) is 15.8. The maximum atomic E-state index is 14.6. The zero-order chi connectivity index (χ0) is 82.6. The van der Waals surface area contributed by atoms with Gasteiger partial charge in [-0.1, -0.05) is 172 Å². The van der Waals surface area contributed by atoms with Crippen molar-refractivity contribution in [3.8, 4) is 46.0 Å². The largest absolute Gasteiger partial charge is 0.512 e. The molecule has 3 radical (unpaired) electrons. The van der Waals surface area contributed by atoms with Crippen LogP contribution in [-0.4, -0.2) is 57.6 Å². The molecule has 0 amide bonds. The average Bonchev–Trinajstić information content (AvgIpc) is 0.758. The molecule has 0 fully saturated rings. The number of hydrogen-bond donors (Lipinski definition) is 3. The molecule has 0 spiro atoms. The Morgan fingerprint density at radius 1 is 0.470 bits per heavy atom. The second-order valence-electron chi connectivity index (χ2n) is 29.8. The van der Waals surface area contributed by atoms with E-state index in [1.54, 1.807) is 43.1 Å². The van der Waals surface area contributed by atoms with Crippen molar-refractivity contribution >= 4 is 92.8 Å². The molecule has 19 heteroatoms. The van der Waals surface area contributed by atoms with Crippen LogP contribution in [0.1, 0.15) is 131 Å². The Kier molecular flexibility index (Phi) is 35.9. The normalized spacial score (nSPS) is 11.4. The van der Waals surface area contributed by atoms with E-state index in [0.29, 0.717) is 50.6 Å². The SMILES string of the molecule is CC(=O)C=C(C)O.CC(C)(C)C(=O)C=C(O)C(C)(C)C.CCC(CC)C(=O)C=C(O)C(CC)CC.Cc1[c-]c(Oc2nccc3c2ccc2cccc(C)c23)cc(C)n1.Cc1cc2c(Oc3[c-]cncc3)nccc2c2ccc(-c3ccccc3)cc12.Fc1ccc2c(F)cc3c(Oc4[c-]cc5ccccc5c4)nccc3c2c1.[Ir].[Ir].[Ir]. The number of hydrogen-bond acceptors (Lipinski definition) is 14. The Hall–Kier alpha value is -10.6. The molecule has 613 valence electrons. The van der Waals surface area contributed by atoms with Crippen LogP contribution in [-0.2, 0) is 74.7 Å². The number of aliphatic hydroxyl groups is 3. The van der Waals surface area contributed by atoms with Gasteiger partial charge in [-0.3, -0.25) is 19.4 Å². The Labute approximate surface area is 725 Å². The van der Waals surface area contributed by atoms with Crippen molar-refractivity contribution in [1.29, 1.82) is 0 Å². The molecule has 0 aliphatic heterocycles. The zero-order valence-corrected chi connectivity index (χ0v) is 75.8. The van der Waals surface area contributed by atoms with Gasteiger partial charge >= 0.3 is 0 Å². The van der Waals surface area contributed by atoms with Gasteiger partial charge in [0.2, 0.25) is 17.6 Å². The number of aliphatic hydroxyl groups excluding tert-OH is 3. The van der Waals surface area contributed by atoms with Gasteiger partial charge < -0.3 is 34.5 Å². The fourth-order valence-electron chi connectivity index (χ4n) is 12.7. The third-order valence-electron chi connectivity index (χ3n) is 19.0. The summed E-state index contributed by atoms with van der Waals surface area (Å²) in [5, 5.41) is 40.9. The number of rotatable bonds is 16. The molecule has 0 aliphatic carbocycles. The summed E-state index contributed by atoms with van der Waals surface area (Å²) >= 11 is 0. The number of ketones is 3. The number of carbonyl (C=O) groups is 3. The van der Waals surface area contributed by atoms with Crippen molar-refractivity contribution in [1.82, 2.24) is 24.9 Å². The predicted octanol–water partition coefficient (Wildman–Crippen LogP) is 26.1. The van der Waals surface area contributed by atoms with Crippen LogP contribution in [0.5, 0.6) is 34.9 Å². The van der Waals surface area contributed by atoms with Gasteiger partial charge in [-0.15, -0.1) is 35.0 Å². The van der Waals surface area contributed by atoms with E-state index >= 15 is 0 Å². The van der Waals surface area contributed by atoms with Gasteiger partial charge in [-0.25, -0.2) is 23.7 Å². The smallest absolute Gasteiger partial charge is 0.224 e. The van der Waals surface area contributed by atoms with Crippen LogP contribution >= 0.6 is 0 Å². The average molecular weight is 2100 g/mol. The van der Waals surface area contributed by atoms with Gasteiger partial charge in [-0.2, -0.15) is 24.3 Å². The summed E-state index contributed by atoms with van der Waals surface area (Å²) in [4.78, 5) is 54.7. The first kappa shape index (κ1) is 95.2. The molecule has 14 nitrogen and oxygen atoms in total. The summed E-state index contributed by atoms with van der Waals surface area (Å²) in [5.74, 6) is 2.88. The van der Waals surface area contributed by atoms with E-state index in [0.717, 1.165) is 69.4 Å². The molecular weight excluding hydrogens is 2010 g/mol. The number of aryl methyl sites for hydroxylation is 4. The quantitative estimate of drug-likeness (QED) is 0.0356. The zero-order valence-electron chi connectivity index (χ0n) is 68.6. The van der Waals surface area contributed by atoms with E-state index in [1.165, 1.54) is 100 Å². The topological polar surface area (TPSA) is 204 Å². The summed E-state index contributed by atoms with van der Waals surface area (Å²) in [5.41, 5.74) is 5.83. The fraction of sp³-hybridized carbons (Fsp3) is 0.245. The number of pyridine rings is 5. The standard InChI is InChI=1S/C25H17N2O.C23H12F2NO.C21H17N2O.C13H24O2.C11H20O2.C5H8O2.3Ir/c1-17-15-24-22(11-14-27-25(24)28-20-9-12-26-13-10-20)21-8-7-19(16-23(17)21)18-5-3-2-4-6-18;24-16-6-8-19-20(12-16)18-9-10-26-23(21(18)13-22(19)25)27-17-7-5-14-3-1-2-4-15(14)11-17;1-13-5-4-6-16-7-8-19-18(20(13)16)9-10-22-21(19)24-17-11-14(2)23-15(3)12-17;1-5-10(6-2)12(14)9-13(15)11(7-3)8-4;1-10(2,3)8(12)7-9(13)11(4,5)6;1-4(6)3-5(2)7;;;/h2-9,11-16H,1H3;1-6,8-13H;4-11H,1-3H3;9-11,14H,5-8H2,1-4H3;7,12H,1-6H3;3,6H,1-2H3;;;/q3*-1;;;;;;. The van der Waals surface area contributed by atoms with Gasteiger partial charge in [0.1, 0.15) is 17.4 Å². The predicted molar refractivity (Wildman–Crippen MR) is 457 cm³/mol. The maximum Gasteiger partial charge on any atom is 0.224 e. The number of ether oxygens (including phenoxy) is 3. The number of halogens is 2. The van der Waals surface area contributed by atoms with E-state index in [1.807, 2.05) is 144 Å². The summed E-state index contributed by atoms with van der Waals surface area (Å²) in [7, 11) is 0. The molecule has 5 aromatic heterocycles. The molecule has 5 heterocycles. The third kappa shape index (κ3) is 25.9. The van der Waals surface area contributed by atoms with Crippen molar-refractivity contribution in [3.05, 3.63) is 295 Å². The minimum atomic E-state index is -0.446. The van der Waals surface area contributed by atoms with Gasteiger partial charge in [-0.05, 0) is 210 Å². The fourth-order valence-corrected chi connectivity index (χ4v) is 12.7. The van der Waals surface area contributed by atoms with E-state index in [2.05, 4.69) is 136 Å². The van der Waals surface area contributed by atoms with Crippen LogP contribution in [0.3, 0.4) is 0 Å². The van der Waals surface area contributed by atoms with Crippen LogP contribution in [0.15, 0.2) is 242 Å². The molecule has 14 rings (SSSR count). The molecule has 0 bridgehead atoms. The van der Waals surface area contributed by atoms with E-state index in [-0.39, 0.29) is 118 Å². The van der Waals surface area contributed by atoms with Crippen LogP contribution < -0.4 is 14.2 Å². The molecule has 0 unspecified atom stereocenters. The van der Waals surface area contributed by atoms with Gasteiger partial charge in [0, 0.05) is 147 Å². The molecular formula is C98H98F2Ir3N5O9-3. The summed E-state index contributed by atoms with van der Waals surface area (Å²) in [6, 6.07) is 65.4. The molecule has 3 N–H and O–H groups in total. The molecule has 14 aromatic rings. The monoisotopic (exact) mass is 2110 g/mol. The number of nitrogens with zero attached hydrogens (tertiary/aromatic N) is 5. The Morgan fingerprint density at radius 3 is 1.62 bits per heavy atom. The van der Waals surface area contributed by atoms with Crippen molar-refractivity contribution in [2.75, 3.05) is 0 Å². The third-order valence-corrected chi connectivity index (χ3v) is 19.0. The van der Waals surface area contributed by atoms with Gasteiger partial charge in [0.15, 0.2) is 17.3 Å². The van der Waals surface area contributed by atoms with Crippen LogP contribution in [0.25, 0.3) is 86.5 Å². The van der Waals surface area contributed by atoms with Crippen molar-refractivity contribution in [3.63, 3.8) is 0 Å². The van der Waals surface area contributed by atoms with Crippen molar-refractivity contribution in [2.45, 2.75) is 136 Å². The van der Waals surface area contributed by atoms with Crippen LogP contribution in [0, 0.1) is 80.2 Å². The van der Waals surface area contributed by atoms with Crippen LogP contribution in [0.4, 0.5) is 8.78 Å². The van der Waals surface area contributed by atoms with Crippen molar-refractivity contribution in [2.24, 2.45) is 22.7 Å². The summed E-state index contributed by atoms with van der Waals surface area (Å²) in [6.45, 7) is 30.2. The minimum absolute atomic E-state index is 0. The van der Waals surface area contributed by atoms with E-state index in [4.69, 9.17) is 19.3 Å². The van der Waals surface area contributed by atoms with Crippen molar-refractivity contribution < 1.29 is 113 Å². The van der Waals surface area contributed by atoms with E-state index < -0.39 is 17.0 Å². The second-order valence-corrected chi connectivity index (χ2v) is 29.8. The van der Waals surface area contributed by atoms with Gasteiger partial charge in [0.05, 0.1) is 11.5 Å². The minimum Gasteiger partial charge on any atom is -0.512 e. The number of aromatic nitrogens is 5. The summed E-state index contributed by atoms with van der Waals surface area (Å²) < 4.78 is 46.2. The number of fused-ring (bicyclic) bond motifs is 10. The molecule has 0 saturated heterocycles. The Balaban J connectivity index is 0.000000227. The number of allylic oxidation sites excluding steroid dienone is 6. The molecule has 117 heavy (non-hydrogen) atoms. The molecule has 0 atom stereocenters. The maximum absolute atomic E-state index is 14.6. The number of benzene rings is 9. The first-order valence-corrected chi connectivity index (χ1v) is 38.1. The van der Waals surface area contributed by atoms with E-state index in [9.17, 15) is 33.4 Å². The molecule has 0 saturated carbocycles. The Bertz CT molecular complexity index is 5840. The first-order chi connectivity index (χ1) is 54.4. The second kappa shape index (κ2) is 44.1. The van der Waals surface area contributed by atoms with Crippen LogP contribution in [0.2, 0.25) is 0 Å². The Morgan fingerprint density at radius 2 is 1.03 bits per heavy atom.